The third-order valence-electron chi connectivity index (χ3n) is 2.94. The van der Waals surface area contributed by atoms with E-state index in [1.807, 2.05) is 0 Å². The Hall–Kier alpha value is -3.30. The van der Waals surface area contributed by atoms with Crippen LogP contribution in [0.3, 0.4) is 0 Å². The number of alkyl halides is 2. The predicted molar refractivity (Wildman–Crippen MR) is 77.6 cm³/mol. The molecule has 0 aromatic heterocycles. The van der Waals surface area contributed by atoms with Gasteiger partial charge in [0.05, 0.1) is 23.7 Å². The molecule has 0 radical (unpaired) electrons. The van der Waals surface area contributed by atoms with E-state index in [9.17, 15) is 28.1 Å². The molecule has 2 rings (SSSR count). The molecule has 0 amide bonds. The second-order valence-electron chi connectivity index (χ2n) is 4.51. The third kappa shape index (κ3) is 4.37. The Bertz CT molecular complexity index is 812. The number of non-ortho nitro benzene ring substituents is 1. The number of rotatable bonds is 6. The number of hydrogen-bond donors (Lipinski definition) is 0. The monoisotopic (exact) mass is 357 g/mol. The Balaban J connectivity index is 2.22. The third-order valence-corrected chi connectivity index (χ3v) is 2.94. The van der Waals surface area contributed by atoms with Crippen molar-refractivity contribution in [3.8, 4) is 17.2 Å². The molecule has 10 heteroatoms. The van der Waals surface area contributed by atoms with Crippen LogP contribution in [0.25, 0.3) is 0 Å². The summed E-state index contributed by atoms with van der Waals surface area (Å²) in [5.74, 6) is -3.10. The largest absolute Gasteiger partial charge is 0.493 e. The maximum atomic E-state index is 13.7. The minimum atomic E-state index is -3.08. The Morgan fingerprint density at radius 1 is 1.12 bits per heavy atom. The minimum absolute atomic E-state index is 0.129. The average molecular weight is 357 g/mol. The summed E-state index contributed by atoms with van der Waals surface area (Å²) in [6, 6.07) is 5.74. The molecule has 0 unspecified atom stereocenters. The van der Waals surface area contributed by atoms with Crippen LogP contribution in [0.5, 0.6) is 17.2 Å². The summed E-state index contributed by atoms with van der Waals surface area (Å²) in [6.45, 7) is -3.08. The molecule has 0 saturated carbocycles. The van der Waals surface area contributed by atoms with Gasteiger partial charge >= 0.3 is 12.6 Å². The molecular formula is C15H10F3NO6. The van der Waals surface area contributed by atoms with Crippen molar-refractivity contribution in [2.75, 3.05) is 7.11 Å². The van der Waals surface area contributed by atoms with Gasteiger partial charge < -0.3 is 14.2 Å². The predicted octanol–water partition coefficient (Wildman–Crippen LogP) is 3.56. The first-order valence-electron chi connectivity index (χ1n) is 6.60. The van der Waals surface area contributed by atoms with Crippen LogP contribution in [0.4, 0.5) is 18.9 Å². The zero-order chi connectivity index (χ0) is 18.6. The number of methoxy groups -OCH3 is 1. The number of hydrogen-bond acceptors (Lipinski definition) is 6. The Morgan fingerprint density at radius 3 is 2.36 bits per heavy atom. The molecule has 0 aliphatic heterocycles. The van der Waals surface area contributed by atoms with E-state index < -0.39 is 34.8 Å². The van der Waals surface area contributed by atoms with Crippen LogP contribution < -0.4 is 14.2 Å². The lowest BCUT2D eigenvalue weighted by Gasteiger charge is -2.11. The van der Waals surface area contributed by atoms with E-state index in [1.54, 1.807) is 0 Å². The van der Waals surface area contributed by atoms with E-state index in [0.29, 0.717) is 6.07 Å². The van der Waals surface area contributed by atoms with Gasteiger partial charge in [-0.15, -0.1) is 0 Å². The number of benzene rings is 2. The van der Waals surface area contributed by atoms with Gasteiger partial charge in [0.15, 0.2) is 23.1 Å². The normalized spacial score (nSPS) is 10.4. The lowest BCUT2D eigenvalue weighted by molar-refractivity contribution is -0.385. The highest BCUT2D eigenvalue weighted by molar-refractivity contribution is 5.91. The minimum Gasteiger partial charge on any atom is -0.493 e. The highest BCUT2D eigenvalue weighted by Crippen LogP contribution is 2.30. The molecule has 0 N–H and O–H groups in total. The molecule has 7 nitrogen and oxygen atoms in total. The first-order valence-corrected chi connectivity index (χ1v) is 6.60. The number of ether oxygens (including phenoxy) is 3. The van der Waals surface area contributed by atoms with Gasteiger partial charge in [0, 0.05) is 6.07 Å². The number of nitrogens with zero attached hydrogens (tertiary/aromatic N) is 1. The summed E-state index contributed by atoms with van der Waals surface area (Å²) in [4.78, 5) is 21.8. The summed E-state index contributed by atoms with van der Waals surface area (Å²) < 4.78 is 52.1. The van der Waals surface area contributed by atoms with Crippen molar-refractivity contribution in [3.63, 3.8) is 0 Å². The fourth-order valence-electron chi connectivity index (χ4n) is 1.83. The smallest absolute Gasteiger partial charge is 0.387 e. The van der Waals surface area contributed by atoms with Crippen LogP contribution in [0, 0.1) is 15.9 Å². The lowest BCUT2D eigenvalue weighted by Crippen LogP contribution is -2.11. The molecule has 0 atom stereocenters. The molecule has 132 valence electrons. The lowest BCUT2D eigenvalue weighted by atomic mass is 10.2. The second kappa shape index (κ2) is 7.51. The molecule has 0 aliphatic rings. The van der Waals surface area contributed by atoms with Gasteiger partial charge in [-0.25, -0.2) is 9.18 Å². The number of nitro benzene ring substituents is 1. The molecule has 0 bridgehead atoms. The van der Waals surface area contributed by atoms with Crippen molar-refractivity contribution in [3.05, 3.63) is 57.9 Å². The summed E-state index contributed by atoms with van der Waals surface area (Å²) in [6.07, 6.45) is 0. The van der Waals surface area contributed by atoms with Gasteiger partial charge in [-0.3, -0.25) is 10.1 Å². The zero-order valence-corrected chi connectivity index (χ0v) is 12.6. The zero-order valence-electron chi connectivity index (χ0n) is 12.6. The van der Waals surface area contributed by atoms with Gasteiger partial charge in [0.1, 0.15) is 0 Å². The summed E-state index contributed by atoms with van der Waals surface area (Å²) in [7, 11) is 1.18. The van der Waals surface area contributed by atoms with Crippen LogP contribution in [0.15, 0.2) is 36.4 Å². The molecule has 2 aromatic rings. The number of nitro groups is 1. The van der Waals surface area contributed by atoms with E-state index in [2.05, 4.69) is 4.74 Å². The van der Waals surface area contributed by atoms with E-state index in [4.69, 9.17) is 9.47 Å². The van der Waals surface area contributed by atoms with E-state index in [-0.39, 0.29) is 17.1 Å². The highest BCUT2D eigenvalue weighted by atomic mass is 19.3. The standard InChI is InChI=1S/C15H10F3NO6/c1-23-13-6-8(2-4-12(13)25-15(17)18)14(20)24-11-5-3-9(19(21)22)7-10(11)16/h2-7,15H,1H3. The van der Waals surface area contributed by atoms with Gasteiger partial charge in [0.25, 0.3) is 5.69 Å². The SMILES string of the molecule is COc1cc(C(=O)Oc2ccc([N+](=O)[O-])cc2F)ccc1OC(F)F. The van der Waals surface area contributed by atoms with Gasteiger partial charge in [-0.1, -0.05) is 0 Å². The summed E-state index contributed by atoms with van der Waals surface area (Å²) >= 11 is 0. The summed E-state index contributed by atoms with van der Waals surface area (Å²) in [5.41, 5.74) is -0.635. The molecule has 0 heterocycles. The summed E-state index contributed by atoms with van der Waals surface area (Å²) in [5, 5.41) is 10.5. The molecule has 2 aromatic carbocycles. The van der Waals surface area contributed by atoms with Crippen molar-refractivity contribution in [1.29, 1.82) is 0 Å². The highest BCUT2D eigenvalue weighted by Gasteiger charge is 2.18. The van der Waals surface area contributed by atoms with Gasteiger partial charge in [-0.2, -0.15) is 8.78 Å². The van der Waals surface area contributed by atoms with Gasteiger partial charge in [-0.05, 0) is 24.3 Å². The van der Waals surface area contributed by atoms with Crippen molar-refractivity contribution in [2.45, 2.75) is 6.61 Å². The fourth-order valence-corrected chi connectivity index (χ4v) is 1.83. The molecule has 0 spiro atoms. The topological polar surface area (TPSA) is 87.9 Å². The Kier molecular flexibility index (Phi) is 5.42. The number of carbonyl (C=O) groups excluding carboxylic acids is 1. The van der Waals surface area contributed by atoms with E-state index in [0.717, 1.165) is 30.3 Å². The first kappa shape index (κ1) is 18.0. The Morgan fingerprint density at radius 2 is 1.80 bits per heavy atom. The van der Waals surface area contributed by atoms with Crippen LogP contribution in [-0.2, 0) is 0 Å². The van der Waals surface area contributed by atoms with Crippen LogP contribution in [0.2, 0.25) is 0 Å². The average Bonchev–Trinajstić information content (AvgIpc) is 2.56. The van der Waals surface area contributed by atoms with Crippen LogP contribution in [-0.4, -0.2) is 24.6 Å². The fraction of sp³-hybridized carbons (Fsp3) is 0.133. The molecule has 0 saturated heterocycles. The van der Waals surface area contributed by atoms with E-state index >= 15 is 0 Å². The van der Waals surface area contributed by atoms with Gasteiger partial charge in [0.2, 0.25) is 0 Å². The van der Waals surface area contributed by atoms with E-state index in [1.165, 1.54) is 7.11 Å². The first-order chi connectivity index (χ1) is 11.8. The molecule has 25 heavy (non-hydrogen) atoms. The molecular weight excluding hydrogens is 347 g/mol. The van der Waals surface area contributed by atoms with Crippen LogP contribution >= 0.6 is 0 Å². The quantitative estimate of drug-likeness (QED) is 0.340. The van der Waals surface area contributed by atoms with Crippen molar-refractivity contribution < 1.29 is 37.1 Å². The Labute approximate surface area is 138 Å². The van der Waals surface area contributed by atoms with Crippen LogP contribution in [0.1, 0.15) is 10.4 Å². The van der Waals surface area contributed by atoms with Crippen molar-refractivity contribution >= 4 is 11.7 Å². The molecule has 0 fully saturated rings. The number of esters is 1. The second-order valence-corrected chi connectivity index (χ2v) is 4.51. The number of carbonyl (C=O) groups is 1. The van der Waals surface area contributed by atoms with Crippen molar-refractivity contribution in [2.24, 2.45) is 0 Å². The number of halogens is 3. The van der Waals surface area contributed by atoms with Crippen molar-refractivity contribution in [1.82, 2.24) is 0 Å². The molecule has 0 aliphatic carbocycles. The maximum Gasteiger partial charge on any atom is 0.387 e. The maximum absolute atomic E-state index is 13.7.